The molecule has 1 fully saturated rings. The molecular formula is C16H18N4O2. The summed E-state index contributed by atoms with van der Waals surface area (Å²) in [7, 11) is 0. The van der Waals surface area contributed by atoms with Crippen molar-refractivity contribution in [2.45, 2.75) is 19.8 Å². The number of aryl methyl sites for hydroxylation is 1. The van der Waals surface area contributed by atoms with Gasteiger partial charge in [0.25, 0.3) is 0 Å². The van der Waals surface area contributed by atoms with E-state index in [1.165, 1.54) is 12.8 Å². The molecule has 1 aromatic carbocycles. The first kappa shape index (κ1) is 13.2. The van der Waals surface area contributed by atoms with Gasteiger partial charge in [-0.15, -0.1) is 0 Å². The number of nitrogens with zero attached hydrogens (tertiary/aromatic N) is 3. The predicted octanol–water partition coefficient (Wildman–Crippen LogP) is 2.86. The molecule has 2 aliphatic rings. The highest BCUT2D eigenvalue weighted by molar-refractivity contribution is 5.61. The molecular weight excluding hydrogens is 280 g/mol. The molecule has 0 radical (unpaired) electrons. The topological polar surface area (TPSA) is 59.5 Å². The van der Waals surface area contributed by atoms with E-state index < -0.39 is 0 Å². The van der Waals surface area contributed by atoms with Crippen LogP contribution in [-0.2, 0) is 0 Å². The van der Waals surface area contributed by atoms with Crippen LogP contribution >= 0.6 is 0 Å². The van der Waals surface area contributed by atoms with E-state index in [1.54, 1.807) is 0 Å². The Labute approximate surface area is 129 Å². The average molecular weight is 298 g/mol. The van der Waals surface area contributed by atoms with Gasteiger partial charge < -0.3 is 19.7 Å². The molecule has 6 heteroatoms. The normalized spacial score (nSPS) is 16.1. The number of ether oxygens (including phenoxy) is 2. The van der Waals surface area contributed by atoms with E-state index in [2.05, 4.69) is 27.1 Å². The van der Waals surface area contributed by atoms with E-state index in [-0.39, 0.29) is 6.79 Å². The van der Waals surface area contributed by atoms with Gasteiger partial charge in [-0.3, -0.25) is 0 Å². The third-order valence-electron chi connectivity index (χ3n) is 3.98. The van der Waals surface area contributed by atoms with E-state index >= 15 is 0 Å². The second-order valence-corrected chi connectivity index (χ2v) is 5.59. The number of hydrogen-bond acceptors (Lipinski definition) is 6. The first-order chi connectivity index (χ1) is 10.8. The molecule has 1 N–H and O–H groups in total. The third kappa shape index (κ3) is 2.41. The lowest BCUT2D eigenvalue weighted by Crippen LogP contribution is -2.20. The van der Waals surface area contributed by atoms with Crippen molar-refractivity contribution in [3.63, 3.8) is 0 Å². The van der Waals surface area contributed by atoms with Crippen molar-refractivity contribution in [1.29, 1.82) is 0 Å². The van der Waals surface area contributed by atoms with Crippen molar-refractivity contribution in [1.82, 2.24) is 9.97 Å². The molecule has 22 heavy (non-hydrogen) atoms. The number of benzene rings is 1. The van der Waals surface area contributed by atoms with Crippen molar-refractivity contribution in [2.75, 3.05) is 30.1 Å². The molecule has 0 saturated carbocycles. The van der Waals surface area contributed by atoms with Gasteiger partial charge in [0.15, 0.2) is 11.5 Å². The van der Waals surface area contributed by atoms with Crippen LogP contribution in [0.15, 0.2) is 24.4 Å². The lowest BCUT2D eigenvalue weighted by Gasteiger charge is -2.19. The molecule has 2 aromatic rings. The Morgan fingerprint density at radius 2 is 1.95 bits per heavy atom. The second kappa shape index (κ2) is 5.36. The number of anilines is 3. The third-order valence-corrected chi connectivity index (χ3v) is 3.98. The summed E-state index contributed by atoms with van der Waals surface area (Å²) in [5, 5.41) is 3.24. The molecule has 0 amide bonds. The number of hydrogen-bond donors (Lipinski definition) is 1. The zero-order valence-electron chi connectivity index (χ0n) is 12.5. The van der Waals surface area contributed by atoms with E-state index in [0.717, 1.165) is 41.7 Å². The molecule has 2 aliphatic heterocycles. The number of nitrogens with one attached hydrogen (secondary N) is 1. The van der Waals surface area contributed by atoms with Crippen molar-refractivity contribution < 1.29 is 9.47 Å². The summed E-state index contributed by atoms with van der Waals surface area (Å²) in [4.78, 5) is 11.4. The molecule has 4 rings (SSSR count). The quantitative estimate of drug-likeness (QED) is 0.940. The van der Waals surface area contributed by atoms with Crippen LogP contribution in [0, 0.1) is 6.92 Å². The van der Waals surface area contributed by atoms with Gasteiger partial charge in [0.1, 0.15) is 5.82 Å². The number of fused-ring (bicyclic) bond motifs is 1. The molecule has 0 bridgehead atoms. The van der Waals surface area contributed by atoms with Crippen LogP contribution in [0.2, 0.25) is 0 Å². The highest BCUT2D eigenvalue weighted by atomic mass is 16.7. The van der Waals surface area contributed by atoms with E-state index in [1.807, 2.05) is 24.4 Å². The molecule has 0 spiro atoms. The Balaban J connectivity index is 1.59. The second-order valence-electron chi connectivity index (χ2n) is 5.59. The standard InChI is InChI=1S/C16H18N4O2/c1-11-9-17-16(19-15(11)20-6-2-3-7-20)18-12-4-5-13-14(8-12)22-10-21-13/h4-5,8-9H,2-3,6-7,10H2,1H3,(H,17,18,19). The summed E-state index contributed by atoms with van der Waals surface area (Å²) in [5.74, 6) is 3.15. The van der Waals surface area contributed by atoms with Gasteiger partial charge in [0.05, 0.1) is 0 Å². The van der Waals surface area contributed by atoms with Gasteiger partial charge in [-0.25, -0.2) is 4.98 Å². The first-order valence-corrected chi connectivity index (χ1v) is 7.55. The smallest absolute Gasteiger partial charge is 0.231 e. The van der Waals surface area contributed by atoms with E-state index in [0.29, 0.717) is 5.95 Å². The fourth-order valence-corrected chi connectivity index (χ4v) is 2.85. The molecule has 1 saturated heterocycles. The Morgan fingerprint density at radius 3 is 2.82 bits per heavy atom. The van der Waals surface area contributed by atoms with Gasteiger partial charge in [-0.1, -0.05) is 0 Å². The lowest BCUT2D eigenvalue weighted by molar-refractivity contribution is 0.174. The van der Waals surface area contributed by atoms with Crippen molar-refractivity contribution in [2.24, 2.45) is 0 Å². The molecule has 114 valence electrons. The van der Waals surface area contributed by atoms with Crippen LogP contribution in [0.25, 0.3) is 0 Å². The highest BCUT2D eigenvalue weighted by Crippen LogP contribution is 2.35. The molecule has 0 unspecified atom stereocenters. The Hall–Kier alpha value is -2.50. The van der Waals surface area contributed by atoms with Gasteiger partial charge in [0, 0.05) is 36.6 Å². The number of rotatable bonds is 3. The Kier molecular flexibility index (Phi) is 3.21. The van der Waals surface area contributed by atoms with Gasteiger partial charge in [-0.05, 0) is 31.9 Å². The lowest BCUT2D eigenvalue weighted by atomic mass is 10.3. The molecule has 1 aromatic heterocycles. The maximum Gasteiger partial charge on any atom is 0.231 e. The predicted molar refractivity (Wildman–Crippen MR) is 84.1 cm³/mol. The van der Waals surface area contributed by atoms with Crippen molar-refractivity contribution >= 4 is 17.5 Å². The van der Waals surface area contributed by atoms with Gasteiger partial charge in [0.2, 0.25) is 12.7 Å². The van der Waals surface area contributed by atoms with Crippen LogP contribution < -0.4 is 19.7 Å². The summed E-state index contributed by atoms with van der Waals surface area (Å²) < 4.78 is 10.7. The zero-order valence-corrected chi connectivity index (χ0v) is 12.5. The monoisotopic (exact) mass is 298 g/mol. The van der Waals surface area contributed by atoms with E-state index in [9.17, 15) is 0 Å². The maximum atomic E-state index is 5.39. The van der Waals surface area contributed by atoms with Gasteiger partial charge >= 0.3 is 0 Å². The minimum Gasteiger partial charge on any atom is -0.454 e. The average Bonchev–Trinajstić information content (AvgIpc) is 3.19. The zero-order chi connectivity index (χ0) is 14.9. The first-order valence-electron chi connectivity index (χ1n) is 7.55. The van der Waals surface area contributed by atoms with E-state index in [4.69, 9.17) is 9.47 Å². The Morgan fingerprint density at radius 1 is 1.14 bits per heavy atom. The summed E-state index contributed by atoms with van der Waals surface area (Å²) >= 11 is 0. The molecule has 0 aliphatic carbocycles. The molecule has 3 heterocycles. The fraction of sp³-hybridized carbons (Fsp3) is 0.375. The maximum absolute atomic E-state index is 5.39. The Bertz CT molecular complexity index is 699. The fourth-order valence-electron chi connectivity index (χ4n) is 2.85. The SMILES string of the molecule is Cc1cnc(Nc2ccc3c(c2)OCO3)nc1N1CCCC1. The minimum absolute atomic E-state index is 0.277. The summed E-state index contributed by atoms with van der Waals surface area (Å²) in [6.07, 6.45) is 4.33. The summed E-state index contributed by atoms with van der Waals surface area (Å²) in [5.41, 5.74) is 2.00. The van der Waals surface area contributed by atoms with Crippen LogP contribution in [0.1, 0.15) is 18.4 Å². The largest absolute Gasteiger partial charge is 0.454 e. The summed E-state index contributed by atoms with van der Waals surface area (Å²) in [6, 6.07) is 5.73. The van der Waals surface area contributed by atoms with Crippen LogP contribution in [0.4, 0.5) is 17.5 Å². The van der Waals surface area contributed by atoms with Crippen LogP contribution in [0.3, 0.4) is 0 Å². The van der Waals surface area contributed by atoms with Crippen molar-refractivity contribution in [3.05, 3.63) is 30.0 Å². The van der Waals surface area contributed by atoms with Gasteiger partial charge in [-0.2, -0.15) is 4.98 Å². The minimum atomic E-state index is 0.277. The molecule has 6 nitrogen and oxygen atoms in total. The van der Waals surface area contributed by atoms with Crippen molar-refractivity contribution in [3.8, 4) is 11.5 Å². The summed E-state index contributed by atoms with van der Waals surface area (Å²) in [6.45, 7) is 4.47. The highest BCUT2D eigenvalue weighted by Gasteiger charge is 2.17. The van der Waals surface area contributed by atoms with Crippen LogP contribution in [0.5, 0.6) is 11.5 Å². The van der Waals surface area contributed by atoms with Crippen LogP contribution in [-0.4, -0.2) is 29.9 Å². The number of aromatic nitrogens is 2. The molecule has 0 atom stereocenters.